The van der Waals surface area contributed by atoms with E-state index in [1.165, 1.54) is 0 Å². The van der Waals surface area contributed by atoms with Gasteiger partial charge >= 0.3 is 0 Å². The molecule has 1 aliphatic rings. The highest BCUT2D eigenvalue weighted by atomic mass is 32.2. The van der Waals surface area contributed by atoms with Crippen molar-refractivity contribution < 1.29 is 12.8 Å². The third kappa shape index (κ3) is 5.52. The van der Waals surface area contributed by atoms with Gasteiger partial charge in [0.15, 0.2) is 5.96 Å². The summed E-state index contributed by atoms with van der Waals surface area (Å²) in [6.45, 7) is 6.29. The molecule has 2 N–H and O–H groups in total. The number of sulfonamides is 1. The molecule has 0 bridgehead atoms. The van der Waals surface area contributed by atoms with Crippen molar-refractivity contribution in [2.45, 2.75) is 39.2 Å². The first-order chi connectivity index (χ1) is 11.5. The van der Waals surface area contributed by atoms with Crippen molar-refractivity contribution in [3.05, 3.63) is 24.2 Å². The molecule has 0 spiro atoms. The molecule has 0 radical (unpaired) electrons. The monoisotopic (exact) mass is 356 g/mol. The van der Waals surface area contributed by atoms with E-state index >= 15 is 0 Å². The van der Waals surface area contributed by atoms with Crippen LogP contribution in [0.25, 0.3) is 0 Å². The molecule has 24 heavy (non-hydrogen) atoms. The molecule has 1 aliphatic heterocycles. The van der Waals surface area contributed by atoms with E-state index in [-0.39, 0.29) is 11.8 Å². The molecule has 1 aromatic rings. The molecule has 7 nitrogen and oxygen atoms in total. The first kappa shape index (κ1) is 18.8. The van der Waals surface area contributed by atoms with Gasteiger partial charge in [-0.25, -0.2) is 12.7 Å². The Balaban J connectivity index is 1.82. The molecule has 0 amide bonds. The van der Waals surface area contributed by atoms with Crippen molar-refractivity contribution in [3.63, 3.8) is 0 Å². The molecule has 0 aliphatic carbocycles. The predicted octanol–water partition coefficient (Wildman–Crippen LogP) is 1.19. The van der Waals surface area contributed by atoms with Gasteiger partial charge in [0.1, 0.15) is 5.76 Å². The van der Waals surface area contributed by atoms with Crippen LogP contribution in [-0.4, -0.2) is 56.7 Å². The van der Waals surface area contributed by atoms with Gasteiger partial charge in [-0.3, -0.25) is 4.99 Å². The molecule has 0 atom stereocenters. The summed E-state index contributed by atoms with van der Waals surface area (Å²) in [5.74, 6) is 1.87. The lowest BCUT2D eigenvalue weighted by atomic mass is 10.1. The van der Waals surface area contributed by atoms with Crippen molar-refractivity contribution in [3.8, 4) is 0 Å². The van der Waals surface area contributed by atoms with Gasteiger partial charge < -0.3 is 15.1 Å². The lowest BCUT2D eigenvalue weighted by Crippen LogP contribution is -2.50. The minimum atomic E-state index is -3.07. The molecule has 136 valence electrons. The van der Waals surface area contributed by atoms with E-state index in [0.29, 0.717) is 19.6 Å². The van der Waals surface area contributed by atoms with Crippen LogP contribution in [0, 0.1) is 0 Å². The zero-order chi connectivity index (χ0) is 17.4. The zero-order valence-corrected chi connectivity index (χ0v) is 15.3. The fourth-order valence-corrected chi connectivity index (χ4v) is 3.84. The van der Waals surface area contributed by atoms with Gasteiger partial charge in [-0.2, -0.15) is 0 Å². The fraction of sp³-hybridized carbons (Fsp3) is 0.688. The Kier molecular flexibility index (Phi) is 7.11. The van der Waals surface area contributed by atoms with Crippen LogP contribution in [0.1, 0.15) is 32.4 Å². The summed E-state index contributed by atoms with van der Waals surface area (Å²) in [6, 6.07) is 4.06. The normalized spacial score (nSPS) is 17.8. The van der Waals surface area contributed by atoms with E-state index in [1.807, 2.05) is 19.1 Å². The molecule has 1 saturated heterocycles. The van der Waals surface area contributed by atoms with Crippen molar-refractivity contribution >= 4 is 16.0 Å². The van der Waals surface area contributed by atoms with E-state index in [2.05, 4.69) is 15.6 Å². The summed E-state index contributed by atoms with van der Waals surface area (Å²) in [6.07, 6.45) is 4.01. The molecule has 1 aromatic heterocycles. The van der Waals surface area contributed by atoms with Gasteiger partial charge in [0, 0.05) is 38.6 Å². The van der Waals surface area contributed by atoms with Gasteiger partial charge in [0.25, 0.3) is 0 Å². The highest BCUT2D eigenvalue weighted by molar-refractivity contribution is 7.89. The van der Waals surface area contributed by atoms with Crippen LogP contribution < -0.4 is 10.6 Å². The van der Waals surface area contributed by atoms with E-state index in [4.69, 9.17) is 4.42 Å². The third-order valence-corrected chi connectivity index (χ3v) is 5.99. The van der Waals surface area contributed by atoms with Crippen LogP contribution in [0.5, 0.6) is 0 Å². The second kappa shape index (κ2) is 9.08. The molecule has 1 fully saturated rings. The number of nitrogens with zero attached hydrogens (tertiary/aromatic N) is 2. The quantitative estimate of drug-likeness (QED) is 0.566. The number of rotatable bonds is 7. The summed E-state index contributed by atoms with van der Waals surface area (Å²) in [5, 5.41) is 6.65. The second-order valence-electron chi connectivity index (χ2n) is 5.81. The summed E-state index contributed by atoms with van der Waals surface area (Å²) in [7, 11) is -3.07. The van der Waals surface area contributed by atoms with Crippen LogP contribution >= 0.6 is 0 Å². The Morgan fingerprint density at radius 2 is 2.12 bits per heavy atom. The van der Waals surface area contributed by atoms with E-state index in [1.54, 1.807) is 17.5 Å². The maximum atomic E-state index is 11.9. The predicted molar refractivity (Wildman–Crippen MR) is 95.6 cm³/mol. The number of hydrogen-bond acceptors (Lipinski definition) is 4. The Morgan fingerprint density at radius 3 is 2.71 bits per heavy atom. The maximum Gasteiger partial charge on any atom is 0.213 e. The average molecular weight is 356 g/mol. The summed E-state index contributed by atoms with van der Waals surface area (Å²) >= 11 is 0. The second-order valence-corrected chi connectivity index (χ2v) is 8.07. The first-order valence-electron chi connectivity index (χ1n) is 8.60. The number of aliphatic imine (C=N–C) groups is 1. The lowest BCUT2D eigenvalue weighted by Gasteiger charge is -2.32. The van der Waals surface area contributed by atoms with E-state index in [9.17, 15) is 8.42 Å². The number of piperidine rings is 1. The molecule has 0 unspecified atom stereocenters. The number of nitrogens with one attached hydrogen (secondary N) is 2. The lowest BCUT2D eigenvalue weighted by molar-refractivity contribution is 0.306. The number of furan rings is 1. The minimum absolute atomic E-state index is 0.169. The van der Waals surface area contributed by atoms with Gasteiger partial charge in [-0.1, -0.05) is 0 Å². The van der Waals surface area contributed by atoms with E-state index in [0.717, 1.165) is 37.5 Å². The Hall–Kier alpha value is -1.54. The number of guanidine groups is 1. The van der Waals surface area contributed by atoms with Crippen molar-refractivity contribution in [2.75, 3.05) is 31.9 Å². The van der Waals surface area contributed by atoms with Crippen LogP contribution in [0.2, 0.25) is 0 Å². The fourth-order valence-electron chi connectivity index (χ4n) is 2.71. The Labute approximate surface area is 144 Å². The maximum absolute atomic E-state index is 11.9. The molecule has 0 saturated carbocycles. The van der Waals surface area contributed by atoms with Crippen molar-refractivity contribution in [1.29, 1.82) is 0 Å². The minimum Gasteiger partial charge on any atom is -0.469 e. The van der Waals surface area contributed by atoms with Crippen LogP contribution in [0.3, 0.4) is 0 Å². The van der Waals surface area contributed by atoms with Crippen molar-refractivity contribution in [1.82, 2.24) is 14.9 Å². The van der Waals surface area contributed by atoms with Crippen LogP contribution in [0.15, 0.2) is 27.8 Å². The largest absolute Gasteiger partial charge is 0.469 e. The highest BCUT2D eigenvalue weighted by Gasteiger charge is 2.26. The summed E-state index contributed by atoms with van der Waals surface area (Å²) in [4.78, 5) is 4.57. The smallest absolute Gasteiger partial charge is 0.213 e. The molecule has 2 heterocycles. The van der Waals surface area contributed by atoms with E-state index < -0.39 is 10.0 Å². The number of hydrogen-bond donors (Lipinski definition) is 2. The Morgan fingerprint density at radius 1 is 1.38 bits per heavy atom. The van der Waals surface area contributed by atoms with Gasteiger partial charge in [-0.05, 0) is 38.8 Å². The van der Waals surface area contributed by atoms with Crippen LogP contribution in [-0.2, 0) is 16.4 Å². The first-order valence-corrected chi connectivity index (χ1v) is 10.2. The molecular formula is C16H28N4O3S. The van der Waals surface area contributed by atoms with Gasteiger partial charge in [0.05, 0.1) is 12.0 Å². The third-order valence-electron chi connectivity index (χ3n) is 4.11. The summed E-state index contributed by atoms with van der Waals surface area (Å²) < 4.78 is 30.7. The van der Waals surface area contributed by atoms with Crippen molar-refractivity contribution in [2.24, 2.45) is 4.99 Å². The SMILES string of the molecule is CCNC(=NCCc1ccco1)NC1CCN(S(=O)(=O)CC)CC1. The average Bonchev–Trinajstić information content (AvgIpc) is 3.09. The highest BCUT2D eigenvalue weighted by Crippen LogP contribution is 2.14. The topological polar surface area (TPSA) is 86.9 Å². The van der Waals surface area contributed by atoms with Gasteiger partial charge in [0.2, 0.25) is 10.0 Å². The standard InChI is InChI=1S/C16H28N4O3S/c1-3-17-16(18-10-7-15-6-5-13-23-15)19-14-8-11-20(12-9-14)24(21,22)4-2/h5-6,13-14H,3-4,7-12H2,1-2H3,(H2,17,18,19). The Bertz CT molecular complexity index is 605. The molecule has 2 rings (SSSR count). The molecular weight excluding hydrogens is 328 g/mol. The van der Waals surface area contributed by atoms with Crippen LogP contribution in [0.4, 0.5) is 0 Å². The zero-order valence-electron chi connectivity index (χ0n) is 14.5. The molecule has 8 heteroatoms. The van der Waals surface area contributed by atoms with Gasteiger partial charge in [-0.15, -0.1) is 0 Å². The molecule has 0 aromatic carbocycles. The summed E-state index contributed by atoms with van der Waals surface area (Å²) in [5.41, 5.74) is 0.